The Morgan fingerprint density at radius 1 is 1.07 bits per heavy atom. The second-order valence-electron chi connectivity index (χ2n) is 7.27. The Balaban J connectivity index is 1.37. The first-order chi connectivity index (χ1) is 14.4. The minimum absolute atomic E-state index is 0.153. The molecule has 0 radical (unpaired) electrons. The first-order valence-corrected chi connectivity index (χ1v) is 9.49. The second-order valence-corrected chi connectivity index (χ2v) is 7.27. The second kappa shape index (κ2) is 8.14. The number of amides is 1. The summed E-state index contributed by atoms with van der Waals surface area (Å²) >= 11 is 0. The van der Waals surface area contributed by atoms with Gasteiger partial charge in [0.25, 0.3) is 0 Å². The Hall–Kier alpha value is -3.42. The maximum atomic E-state index is 13.5. The molecule has 0 spiro atoms. The van der Waals surface area contributed by atoms with Crippen LogP contribution >= 0.6 is 0 Å². The zero-order valence-corrected chi connectivity index (χ0v) is 16.1. The van der Waals surface area contributed by atoms with Crippen LogP contribution in [0, 0.1) is 17.5 Å². The monoisotopic (exact) mass is 412 g/mol. The molecule has 4 rings (SSSR count). The van der Waals surface area contributed by atoms with E-state index in [2.05, 4.69) is 16.8 Å². The van der Waals surface area contributed by atoms with Gasteiger partial charge in [-0.15, -0.1) is 0 Å². The highest BCUT2D eigenvalue weighted by molar-refractivity contribution is 5.80. The summed E-state index contributed by atoms with van der Waals surface area (Å²) in [5, 5.41) is 10.4. The molecule has 2 heterocycles. The number of aromatic nitrogens is 2. The Labute approximate surface area is 171 Å². The minimum atomic E-state index is -0.691. The molecule has 1 aliphatic rings. The van der Waals surface area contributed by atoms with Gasteiger partial charge in [-0.3, -0.25) is 9.48 Å². The molecule has 1 aliphatic heterocycles. The van der Waals surface area contributed by atoms with Crippen molar-refractivity contribution < 1.29 is 18.0 Å². The van der Waals surface area contributed by atoms with Gasteiger partial charge < -0.3 is 0 Å². The van der Waals surface area contributed by atoms with E-state index in [-0.39, 0.29) is 18.1 Å². The summed E-state index contributed by atoms with van der Waals surface area (Å²) in [5.74, 6) is -1.97. The standard InChI is InChI=1S/C22H19F3N4O/c1-14(12-28-13-16-10-17(23)3-4-20(16)27-28)2-5-22(30)29-21(6-7-26-29)15-8-18(24)11-19(25)9-15/h3-4,7-11,13,21H,1-2,5-6,12H2. The molecular weight excluding hydrogens is 393 g/mol. The molecule has 2 aromatic carbocycles. The van der Waals surface area contributed by atoms with E-state index >= 15 is 0 Å². The highest BCUT2D eigenvalue weighted by Crippen LogP contribution is 2.30. The number of rotatable bonds is 6. The molecule has 8 heteroatoms. The largest absolute Gasteiger partial charge is 0.273 e. The van der Waals surface area contributed by atoms with Gasteiger partial charge in [-0.1, -0.05) is 12.2 Å². The predicted octanol–water partition coefficient (Wildman–Crippen LogP) is 4.75. The fraction of sp³-hybridized carbons (Fsp3) is 0.227. The Morgan fingerprint density at radius 2 is 1.83 bits per heavy atom. The van der Waals surface area contributed by atoms with Gasteiger partial charge in [-0.05, 0) is 42.3 Å². The minimum Gasteiger partial charge on any atom is -0.273 e. The summed E-state index contributed by atoms with van der Waals surface area (Å²) in [6.45, 7) is 4.39. The molecule has 0 fully saturated rings. The number of hydrazone groups is 1. The van der Waals surface area contributed by atoms with E-state index in [1.807, 2.05) is 0 Å². The molecule has 1 amide bonds. The van der Waals surface area contributed by atoms with Crippen LogP contribution in [0.5, 0.6) is 0 Å². The average Bonchev–Trinajstić information content (AvgIpc) is 3.31. The van der Waals surface area contributed by atoms with Gasteiger partial charge in [-0.2, -0.15) is 10.2 Å². The van der Waals surface area contributed by atoms with Crippen molar-refractivity contribution in [2.45, 2.75) is 31.8 Å². The molecule has 154 valence electrons. The topological polar surface area (TPSA) is 50.5 Å². The molecular formula is C22H19F3N4O. The predicted molar refractivity (Wildman–Crippen MR) is 107 cm³/mol. The van der Waals surface area contributed by atoms with Crippen LogP contribution in [0.4, 0.5) is 13.2 Å². The summed E-state index contributed by atoms with van der Waals surface area (Å²) in [5.41, 5.74) is 1.82. The third kappa shape index (κ3) is 4.27. The number of nitrogens with zero attached hydrogens (tertiary/aromatic N) is 4. The maximum absolute atomic E-state index is 13.5. The summed E-state index contributed by atoms with van der Waals surface area (Å²) < 4.78 is 42.1. The van der Waals surface area contributed by atoms with Crippen molar-refractivity contribution in [3.8, 4) is 0 Å². The summed E-state index contributed by atoms with van der Waals surface area (Å²) in [6, 6.07) is 7.06. The lowest BCUT2D eigenvalue weighted by Gasteiger charge is -2.22. The van der Waals surface area contributed by atoms with Crippen molar-refractivity contribution in [2.24, 2.45) is 5.10 Å². The van der Waals surface area contributed by atoms with Crippen LogP contribution in [0.3, 0.4) is 0 Å². The van der Waals surface area contributed by atoms with Crippen LogP contribution in [-0.2, 0) is 11.3 Å². The van der Waals surface area contributed by atoms with Crippen molar-refractivity contribution in [1.29, 1.82) is 0 Å². The van der Waals surface area contributed by atoms with E-state index in [4.69, 9.17) is 0 Å². The molecule has 0 aliphatic carbocycles. The van der Waals surface area contributed by atoms with Crippen molar-refractivity contribution in [1.82, 2.24) is 14.8 Å². The van der Waals surface area contributed by atoms with Crippen LogP contribution in [-0.4, -0.2) is 26.9 Å². The molecule has 0 N–H and O–H groups in total. The molecule has 0 saturated heterocycles. The van der Waals surface area contributed by atoms with E-state index in [0.717, 1.165) is 11.6 Å². The number of hydrogen-bond acceptors (Lipinski definition) is 3. The first kappa shape index (κ1) is 19.9. The van der Waals surface area contributed by atoms with Crippen LogP contribution < -0.4 is 0 Å². The number of benzene rings is 2. The fourth-order valence-corrected chi connectivity index (χ4v) is 3.53. The van der Waals surface area contributed by atoms with Crippen molar-refractivity contribution in [2.75, 3.05) is 0 Å². The van der Waals surface area contributed by atoms with Gasteiger partial charge in [-0.25, -0.2) is 18.2 Å². The van der Waals surface area contributed by atoms with Crippen LogP contribution in [0.15, 0.2) is 59.8 Å². The first-order valence-electron chi connectivity index (χ1n) is 9.49. The van der Waals surface area contributed by atoms with E-state index in [1.165, 1.54) is 29.3 Å². The number of allylic oxidation sites excluding steroid dienone is 1. The summed E-state index contributed by atoms with van der Waals surface area (Å²) in [6.07, 6.45) is 4.24. The number of halogens is 3. The average molecular weight is 412 g/mol. The number of carbonyl (C=O) groups excluding carboxylic acids is 1. The highest BCUT2D eigenvalue weighted by Gasteiger charge is 2.28. The van der Waals surface area contributed by atoms with E-state index in [1.54, 1.807) is 23.2 Å². The van der Waals surface area contributed by atoms with Gasteiger partial charge in [0, 0.05) is 36.7 Å². The Bertz CT molecular complexity index is 1130. The number of hydrogen-bond donors (Lipinski definition) is 0. The third-order valence-corrected chi connectivity index (χ3v) is 4.95. The van der Waals surface area contributed by atoms with Gasteiger partial charge in [0.1, 0.15) is 17.5 Å². The molecule has 5 nitrogen and oxygen atoms in total. The Kier molecular flexibility index (Phi) is 5.39. The summed E-state index contributed by atoms with van der Waals surface area (Å²) in [4.78, 5) is 12.7. The van der Waals surface area contributed by atoms with Crippen molar-refractivity contribution >= 4 is 23.0 Å². The van der Waals surface area contributed by atoms with Gasteiger partial charge >= 0.3 is 0 Å². The quantitative estimate of drug-likeness (QED) is 0.549. The van der Waals surface area contributed by atoms with Crippen molar-refractivity contribution in [3.63, 3.8) is 0 Å². The SMILES string of the molecule is C=C(CCC(=O)N1N=CCC1c1cc(F)cc(F)c1)Cn1cc2cc(F)ccc2n1. The van der Waals surface area contributed by atoms with Crippen molar-refractivity contribution in [3.05, 3.63) is 77.8 Å². The zero-order chi connectivity index (χ0) is 21.3. The van der Waals surface area contributed by atoms with E-state index in [9.17, 15) is 18.0 Å². The molecule has 1 atom stereocenters. The van der Waals surface area contributed by atoms with Crippen LogP contribution in [0.2, 0.25) is 0 Å². The molecule has 3 aromatic rings. The highest BCUT2D eigenvalue weighted by atomic mass is 19.1. The van der Waals surface area contributed by atoms with Gasteiger partial charge in [0.05, 0.1) is 18.1 Å². The lowest BCUT2D eigenvalue weighted by Crippen LogP contribution is -2.27. The lowest BCUT2D eigenvalue weighted by atomic mass is 10.0. The molecule has 1 unspecified atom stereocenters. The fourth-order valence-electron chi connectivity index (χ4n) is 3.53. The molecule has 0 bridgehead atoms. The number of carbonyl (C=O) groups is 1. The zero-order valence-electron chi connectivity index (χ0n) is 16.1. The third-order valence-electron chi connectivity index (χ3n) is 4.95. The van der Waals surface area contributed by atoms with E-state index in [0.29, 0.717) is 35.9 Å². The van der Waals surface area contributed by atoms with Gasteiger partial charge in [0.15, 0.2) is 0 Å². The van der Waals surface area contributed by atoms with E-state index < -0.39 is 17.7 Å². The smallest absolute Gasteiger partial charge is 0.243 e. The summed E-state index contributed by atoms with van der Waals surface area (Å²) in [7, 11) is 0. The Morgan fingerprint density at radius 3 is 2.60 bits per heavy atom. The van der Waals surface area contributed by atoms with Crippen LogP contribution in [0.1, 0.15) is 30.9 Å². The molecule has 30 heavy (non-hydrogen) atoms. The number of fused-ring (bicyclic) bond motifs is 1. The van der Waals surface area contributed by atoms with Gasteiger partial charge in [0.2, 0.25) is 5.91 Å². The maximum Gasteiger partial charge on any atom is 0.243 e. The molecule has 1 aromatic heterocycles. The normalized spacial score (nSPS) is 15.8. The lowest BCUT2D eigenvalue weighted by molar-refractivity contribution is -0.133. The van der Waals surface area contributed by atoms with Crippen LogP contribution in [0.25, 0.3) is 10.9 Å². The molecule has 0 saturated carbocycles.